The molecule has 6 heteroatoms. The number of benzene rings is 3. The first-order valence-corrected chi connectivity index (χ1v) is 11.7. The maximum absolute atomic E-state index is 12.8. The summed E-state index contributed by atoms with van der Waals surface area (Å²) in [5, 5.41) is 4.94. The molecule has 0 saturated heterocycles. The van der Waals surface area contributed by atoms with Crippen molar-refractivity contribution in [2.45, 2.75) is 27.7 Å². The highest BCUT2D eigenvalue weighted by atomic mass is 35.5. The Bertz CT molecular complexity index is 1420. The maximum Gasteiger partial charge on any atom is 0.248 e. The van der Waals surface area contributed by atoms with Gasteiger partial charge in [0.25, 0.3) is 0 Å². The van der Waals surface area contributed by atoms with Crippen molar-refractivity contribution in [1.82, 2.24) is 0 Å². The molecule has 0 spiro atoms. The van der Waals surface area contributed by atoms with Crippen molar-refractivity contribution >= 4 is 51.3 Å². The molecule has 0 unspecified atom stereocenters. The number of hydrogen-bond donors (Lipinski definition) is 1. The summed E-state index contributed by atoms with van der Waals surface area (Å²) in [5.41, 5.74) is 6.77. The molecule has 0 aliphatic heterocycles. The molecule has 1 heterocycles. The van der Waals surface area contributed by atoms with Crippen LogP contribution in [0, 0.1) is 13.8 Å². The minimum Gasteiger partial charge on any atom is -0.493 e. The lowest BCUT2D eigenvalue weighted by atomic mass is 9.99. The van der Waals surface area contributed by atoms with Crippen LogP contribution >= 0.6 is 23.2 Å². The Balaban J connectivity index is 1.75. The van der Waals surface area contributed by atoms with Crippen LogP contribution in [-0.2, 0) is 4.79 Å². The molecule has 174 valence electrons. The van der Waals surface area contributed by atoms with E-state index in [4.69, 9.17) is 32.4 Å². The number of fused-ring (bicyclic) bond motifs is 1. The Labute approximate surface area is 209 Å². The third-order valence-corrected chi connectivity index (χ3v) is 6.17. The van der Waals surface area contributed by atoms with Gasteiger partial charge in [-0.15, -0.1) is 0 Å². The molecule has 0 saturated carbocycles. The number of allylic oxidation sites excluding steroid dienone is 1. The molecule has 4 rings (SSSR count). The van der Waals surface area contributed by atoms with Gasteiger partial charge in [-0.25, -0.2) is 0 Å². The van der Waals surface area contributed by atoms with E-state index < -0.39 is 0 Å². The molecule has 0 fully saturated rings. The van der Waals surface area contributed by atoms with Crippen LogP contribution in [-0.4, -0.2) is 12.5 Å². The zero-order chi connectivity index (χ0) is 24.4. The highest BCUT2D eigenvalue weighted by Gasteiger charge is 2.17. The molecule has 0 radical (unpaired) electrons. The average molecular weight is 494 g/mol. The van der Waals surface area contributed by atoms with E-state index in [1.54, 1.807) is 24.5 Å². The predicted octanol–water partition coefficient (Wildman–Crippen LogP) is 8.46. The number of carbonyl (C=O) groups is 1. The Hall–Kier alpha value is -3.21. The normalized spacial score (nSPS) is 11.6. The van der Waals surface area contributed by atoms with E-state index in [-0.39, 0.29) is 5.91 Å². The van der Waals surface area contributed by atoms with Gasteiger partial charge < -0.3 is 14.5 Å². The van der Waals surface area contributed by atoms with Crippen molar-refractivity contribution < 1.29 is 13.9 Å². The second-order valence-corrected chi connectivity index (χ2v) is 9.03. The lowest BCUT2D eigenvalue weighted by Gasteiger charge is -2.12. The largest absolute Gasteiger partial charge is 0.493 e. The van der Waals surface area contributed by atoms with Gasteiger partial charge in [0.2, 0.25) is 5.91 Å². The van der Waals surface area contributed by atoms with Gasteiger partial charge in [0.1, 0.15) is 11.3 Å². The predicted molar refractivity (Wildman–Crippen MR) is 141 cm³/mol. The Kier molecular flexibility index (Phi) is 7.01. The monoisotopic (exact) mass is 493 g/mol. The summed E-state index contributed by atoms with van der Waals surface area (Å²) >= 11 is 12.5. The number of rotatable bonds is 6. The molecule has 4 aromatic rings. The van der Waals surface area contributed by atoms with Crippen molar-refractivity contribution in [2.75, 3.05) is 11.9 Å². The summed E-state index contributed by atoms with van der Waals surface area (Å²) < 4.78 is 11.7. The Morgan fingerprint density at radius 2 is 1.85 bits per heavy atom. The Morgan fingerprint density at radius 3 is 2.59 bits per heavy atom. The molecule has 1 aromatic heterocycles. The minimum absolute atomic E-state index is 0.207. The number of furan rings is 1. The number of halogens is 2. The van der Waals surface area contributed by atoms with E-state index in [2.05, 4.69) is 5.32 Å². The van der Waals surface area contributed by atoms with Crippen LogP contribution in [0.1, 0.15) is 30.5 Å². The topological polar surface area (TPSA) is 51.5 Å². The molecule has 0 bridgehead atoms. The number of carbonyl (C=O) groups excluding carboxylic acids is 1. The van der Waals surface area contributed by atoms with E-state index in [0.717, 1.165) is 44.5 Å². The minimum atomic E-state index is -0.207. The van der Waals surface area contributed by atoms with Gasteiger partial charge in [-0.05, 0) is 68.7 Å². The number of anilines is 1. The van der Waals surface area contributed by atoms with E-state index in [9.17, 15) is 4.79 Å². The number of nitrogens with one attached hydrogen (secondary N) is 1. The van der Waals surface area contributed by atoms with Crippen molar-refractivity contribution in [3.8, 4) is 16.9 Å². The number of hydrogen-bond acceptors (Lipinski definition) is 3. The third kappa shape index (κ3) is 4.98. The van der Waals surface area contributed by atoms with Gasteiger partial charge in [-0.2, -0.15) is 0 Å². The van der Waals surface area contributed by atoms with Crippen molar-refractivity contribution in [3.63, 3.8) is 0 Å². The van der Waals surface area contributed by atoms with Gasteiger partial charge in [-0.3, -0.25) is 4.79 Å². The lowest BCUT2D eigenvalue weighted by molar-refractivity contribution is -0.111. The quantitative estimate of drug-likeness (QED) is 0.274. The van der Waals surface area contributed by atoms with E-state index >= 15 is 0 Å². The zero-order valence-corrected chi connectivity index (χ0v) is 21.0. The SMILES string of the molecule is CCOc1cc2occ(-c3ccc(Cl)cc3Cl)c2cc1/C(C)=C/C(=O)Nc1cc(C)ccc1C. The highest BCUT2D eigenvalue weighted by molar-refractivity contribution is 6.36. The molecule has 1 amide bonds. The van der Waals surface area contributed by atoms with Crippen LogP contribution < -0.4 is 10.1 Å². The van der Waals surface area contributed by atoms with Crippen LogP contribution in [0.2, 0.25) is 10.0 Å². The summed E-state index contributed by atoms with van der Waals surface area (Å²) in [7, 11) is 0. The molecular weight excluding hydrogens is 469 g/mol. The summed E-state index contributed by atoms with van der Waals surface area (Å²) in [6.07, 6.45) is 3.26. The number of aryl methyl sites for hydroxylation is 2. The fourth-order valence-corrected chi connectivity index (χ4v) is 4.38. The number of amides is 1. The van der Waals surface area contributed by atoms with Crippen molar-refractivity contribution in [3.05, 3.63) is 87.6 Å². The van der Waals surface area contributed by atoms with Crippen LogP contribution in [0.4, 0.5) is 5.69 Å². The summed E-state index contributed by atoms with van der Waals surface area (Å²) in [6.45, 7) is 8.25. The van der Waals surface area contributed by atoms with Gasteiger partial charge in [0.05, 0.1) is 17.9 Å². The smallest absolute Gasteiger partial charge is 0.248 e. The molecule has 4 nitrogen and oxygen atoms in total. The molecule has 0 atom stereocenters. The van der Waals surface area contributed by atoms with Crippen molar-refractivity contribution in [1.29, 1.82) is 0 Å². The zero-order valence-electron chi connectivity index (χ0n) is 19.5. The standard InChI is InChI=1S/C28H25Cl2NO3/c1-5-33-26-14-27-22(23(15-34-27)20-9-8-19(29)12-24(20)30)13-21(26)18(4)11-28(32)31-25-10-16(2)6-7-17(25)3/h6-15H,5H2,1-4H3,(H,31,32)/b18-11+. The number of ether oxygens (including phenoxy) is 1. The molecule has 0 aliphatic carbocycles. The second-order valence-electron chi connectivity index (χ2n) is 8.19. The summed E-state index contributed by atoms with van der Waals surface area (Å²) in [5.74, 6) is 0.438. The van der Waals surface area contributed by atoms with Crippen LogP contribution in [0.15, 0.2) is 65.3 Å². The van der Waals surface area contributed by atoms with E-state index in [1.165, 1.54) is 0 Å². The van der Waals surface area contributed by atoms with Gasteiger partial charge >= 0.3 is 0 Å². The fourth-order valence-electron chi connectivity index (χ4n) is 3.87. The van der Waals surface area contributed by atoms with Crippen LogP contribution in [0.25, 0.3) is 27.7 Å². The van der Waals surface area contributed by atoms with Crippen molar-refractivity contribution in [2.24, 2.45) is 0 Å². The molecule has 1 N–H and O–H groups in total. The summed E-state index contributed by atoms with van der Waals surface area (Å²) in [6, 6.07) is 15.2. The first-order valence-electron chi connectivity index (χ1n) is 11.0. The molecule has 34 heavy (non-hydrogen) atoms. The van der Waals surface area contributed by atoms with Gasteiger partial charge in [0, 0.05) is 44.9 Å². The molecule has 0 aliphatic rings. The van der Waals surface area contributed by atoms with Gasteiger partial charge in [-0.1, -0.05) is 41.4 Å². The second kappa shape index (κ2) is 9.96. The first-order chi connectivity index (χ1) is 16.3. The van der Waals surface area contributed by atoms with E-state index in [1.807, 2.05) is 64.1 Å². The fraction of sp³-hybridized carbons (Fsp3) is 0.179. The lowest BCUT2D eigenvalue weighted by Crippen LogP contribution is -2.10. The Morgan fingerprint density at radius 1 is 1.06 bits per heavy atom. The third-order valence-electron chi connectivity index (χ3n) is 5.62. The van der Waals surface area contributed by atoms with Crippen LogP contribution in [0.5, 0.6) is 5.75 Å². The molecule has 3 aromatic carbocycles. The van der Waals surface area contributed by atoms with Gasteiger partial charge in [0.15, 0.2) is 0 Å². The van der Waals surface area contributed by atoms with E-state index in [0.29, 0.717) is 28.0 Å². The first kappa shape index (κ1) is 23.9. The average Bonchev–Trinajstić information content (AvgIpc) is 3.18. The molecular formula is C28H25Cl2NO3. The van der Waals surface area contributed by atoms with Crippen LogP contribution in [0.3, 0.4) is 0 Å². The highest BCUT2D eigenvalue weighted by Crippen LogP contribution is 2.40. The maximum atomic E-state index is 12.8. The summed E-state index contributed by atoms with van der Waals surface area (Å²) in [4.78, 5) is 12.8.